The molecule has 28 heavy (non-hydrogen) atoms. The molecule has 2 atom stereocenters. The van der Waals surface area contributed by atoms with Crippen LogP contribution in [-0.4, -0.2) is 57.4 Å². The first-order chi connectivity index (χ1) is 13.4. The van der Waals surface area contributed by atoms with Crippen LogP contribution < -0.4 is 0 Å². The molecule has 3 rings (SSSR count). The van der Waals surface area contributed by atoms with Crippen LogP contribution >= 0.6 is 0 Å². The number of halogens is 1. The molecule has 1 aliphatic rings. The lowest BCUT2D eigenvalue weighted by Gasteiger charge is -2.11. The van der Waals surface area contributed by atoms with E-state index < -0.39 is 30.8 Å². The summed E-state index contributed by atoms with van der Waals surface area (Å²) in [6, 6.07) is 11.0. The van der Waals surface area contributed by atoms with Crippen molar-refractivity contribution in [1.29, 1.82) is 0 Å². The van der Waals surface area contributed by atoms with Gasteiger partial charge in [-0.15, -0.1) is 0 Å². The van der Waals surface area contributed by atoms with Crippen LogP contribution in [0.1, 0.15) is 21.5 Å². The standard InChI is InChI=1S/C21H18FNO5/c22-10-14-3-1-2-4-15(14)16-7-5-13(9-17(16)21(27)28)6-8-20(26)23-11-18(24)19(25)12-23/h1-5,7,9,18-19,24-25H,10-12H2,(H,27,28). The van der Waals surface area contributed by atoms with Gasteiger partial charge in [-0.3, -0.25) is 4.79 Å². The third-order valence-electron chi connectivity index (χ3n) is 4.56. The second-order valence-electron chi connectivity index (χ2n) is 6.45. The van der Waals surface area contributed by atoms with Gasteiger partial charge < -0.3 is 20.2 Å². The van der Waals surface area contributed by atoms with Crippen molar-refractivity contribution >= 4 is 11.9 Å². The van der Waals surface area contributed by atoms with Gasteiger partial charge in [0.1, 0.15) is 6.67 Å². The van der Waals surface area contributed by atoms with Gasteiger partial charge in [0.2, 0.25) is 0 Å². The third-order valence-corrected chi connectivity index (χ3v) is 4.56. The number of carbonyl (C=O) groups excluding carboxylic acids is 1. The summed E-state index contributed by atoms with van der Waals surface area (Å²) < 4.78 is 13.2. The number of aliphatic hydroxyl groups is 2. The fourth-order valence-electron chi connectivity index (χ4n) is 3.07. The Morgan fingerprint density at radius 1 is 1.07 bits per heavy atom. The molecule has 0 aromatic heterocycles. The Hall–Kier alpha value is -3.21. The molecule has 1 fully saturated rings. The lowest BCUT2D eigenvalue weighted by molar-refractivity contribution is -0.124. The lowest BCUT2D eigenvalue weighted by Crippen LogP contribution is -2.28. The Bertz CT molecular complexity index is 968. The highest BCUT2D eigenvalue weighted by atomic mass is 19.1. The Balaban J connectivity index is 1.90. The molecular formula is C21H18FNO5. The van der Waals surface area contributed by atoms with Crippen LogP contribution in [0.2, 0.25) is 0 Å². The Labute approximate surface area is 160 Å². The van der Waals surface area contributed by atoms with Gasteiger partial charge in [0, 0.05) is 11.5 Å². The summed E-state index contributed by atoms with van der Waals surface area (Å²) in [6.45, 7) is -0.735. The fourth-order valence-corrected chi connectivity index (χ4v) is 3.07. The van der Waals surface area contributed by atoms with Crippen molar-refractivity contribution in [1.82, 2.24) is 4.90 Å². The van der Waals surface area contributed by atoms with Crippen LogP contribution in [0.25, 0.3) is 11.1 Å². The zero-order valence-electron chi connectivity index (χ0n) is 14.8. The second-order valence-corrected chi connectivity index (χ2v) is 6.45. The van der Waals surface area contributed by atoms with E-state index in [0.29, 0.717) is 22.3 Å². The summed E-state index contributed by atoms with van der Waals surface area (Å²) in [4.78, 5) is 25.0. The summed E-state index contributed by atoms with van der Waals surface area (Å²) in [6.07, 6.45) is -2.00. The number of likely N-dealkylation sites (tertiary alicyclic amines) is 1. The van der Waals surface area contributed by atoms with Crippen molar-refractivity contribution in [2.75, 3.05) is 13.1 Å². The van der Waals surface area contributed by atoms with Gasteiger partial charge in [0.25, 0.3) is 5.91 Å². The first kappa shape index (κ1) is 19.5. The zero-order chi connectivity index (χ0) is 20.3. The number of hydrogen-bond donors (Lipinski definition) is 3. The molecule has 1 amide bonds. The van der Waals surface area contributed by atoms with Crippen molar-refractivity contribution in [2.45, 2.75) is 18.9 Å². The molecule has 0 spiro atoms. The number of carboxylic acid groups (broad SMARTS) is 1. The molecule has 1 aliphatic heterocycles. The minimum absolute atomic E-state index is 0.00594. The minimum Gasteiger partial charge on any atom is -0.478 e. The van der Waals surface area contributed by atoms with Crippen LogP contribution in [0, 0.1) is 11.8 Å². The highest BCUT2D eigenvalue weighted by molar-refractivity contribution is 5.98. The maximum atomic E-state index is 13.2. The summed E-state index contributed by atoms with van der Waals surface area (Å²) >= 11 is 0. The first-order valence-corrected chi connectivity index (χ1v) is 8.59. The molecule has 7 heteroatoms. The molecule has 2 aromatic carbocycles. The molecular weight excluding hydrogens is 365 g/mol. The molecule has 2 aromatic rings. The highest BCUT2D eigenvalue weighted by Crippen LogP contribution is 2.28. The number of β-amino-alcohol motifs (C(OH)–C–C–N with tert-alkyl or cyclic N) is 2. The Morgan fingerprint density at radius 3 is 2.39 bits per heavy atom. The molecule has 0 saturated carbocycles. The average Bonchev–Trinajstić information content (AvgIpc) is 3.04. The second kappa shape index (κ2) is 8.21. The molecule has 0 bridgehead atoms. The number of aliphatic hydroxyl groups excluding tert-OH is 2. The molecule has 1 heterocycles. The average molecular weight is 383 g/mol. The van der Waals surface area contributed by atoms with Crippen molar-refractivity contribution < 1.29 is 29.3 Å². The van der Waals surface area contributed by atoms with Crippen molar-refractivity contribution in [3.8, 4) is 23.0 Å². The van der Waals surface area contributed by atoms with E-state index in [0.717, 1.165) is 0 Å². The predicted molar refractivity (Wildman–Crippen MR) is 99.1 cm³/mol. The molecule has 0 aliphatic carbocycles. The van der Waals surface area contributed by atoms with Crippen LogP contribution in [-0.2, 0) is 11.5 Å². The molecule has 1 saturated heterocycles. The van der Waals surface area contributed by atoms with Crippen LogP contribution in [0.15, 0.2) is 42.5 Å². The monoisotopic (exact) mass is 383 g/mol. The molecule has 3 N–H and O–H groups in total. The summed E-state index contributed by atoms with van der Waals surface area (Å²) in [5.74, 6) is 3.24. The lowest BCUT2D eigenvalue weighted by atomic mass is 9.94. The number of hydrogen-bond acceptors (Lipinski definition) is 4. The maximum Gasteiger partial charge on any atom is 0.336 e. The van der Waals surface area contributed by atoms with Crippen LogP contribution in [0.5, 0.6) is 0 Å². The largest absolute Gasteiger partial charge is 0.478 e. The summed E-state index contributed by atoms with van der Waals surface area (Å²) in [7, 11) is 0. The quantitative estimate of drug-likeness (QED) is 0.697. The van der Waals surface area contributed by atoms with Gasteiger partial charge in [0.05, 0.1) is 30.9 Å². The van der Waals surface area contributed by atoms with E-state index in [-0.39, 0.29) is 18.7 Å². The number of carbonyl (C=O) groups is 2. The van der Waals surface area contributed by atoms with Gasteiger partial charge in [0.15, 0.2) is 0 Å². The normalized spacial score (nSPS) is 18.5. The van der Waals surface area contributed by atoms with E-state index in [1.165, 1.54) is 17.0 Å². The van der Waals surface area contributed by atoms with Gasteiger partial charge in [-0.25, -0.2) is 9.18 Å². The van der Waals surface area contributed by atoms with Crippen molar-refractivity contribution in [3.63, 3.8) is 0 Å². The smallest absolute Gasteiger partial charge is 0.336 e. The van der Waals surface area contributed by atoms with Gasteiger partial charge >= 0.3 is 5.97 Å². The number of alkyl halides is 1. The van der Waals surface area contributed by atoms with Gasteiger partial charge in [-0.2, -0.15) is 0 Å². The summed E-state index contributed by atoms with van der Waals surface area (Å²) in [5.41, 5.74) is 1.49. The maximum absolute atomic E-state index is 13.2. The highest BCUT2D eigenvalue weighted by Gasteiger charge is 2.31. The molecule has 2 unspecified atom stereocenters. The predicted octanol–water partition coefficient (Wildman–Crippen LogP) is 1.44. The number of aromatic carboxylic acids is 1. The van der Waals surface area contributed by atoms with Crippen molar-refractivity contribution in [3.05, 3.63) is 59.2 Å². The third kappa shape index (κ3) is 4.03. The number of carboxylic acids is 1. The zero-order valence-corrected chi connectivity index (χ0v) is 14.8. The SMILES string of the molecule is O=C(O)c1cc(C#CC(=O)N2CC(O)C(O)C2)ccc1-c1ccccc1CF. The molecule has 144 valence electrons. The Morgan fingerprint density at radius 2 is 1.75 bits per heavy atom. The van der Waals surface area contributed by atoms with E-state index >= 15 is 0 Å². The van der Waals surface area contributed by atoms with E-state index in [2.05, 4.69) is 11.8 Å². The van der Waals surface area contributed by atoms with E-state index in [4.69, 9.17) is 0 Å². The summed E-state index contributed by atoms with van der Waals surface area (Å²) in [5, 5.41) is 28.5. The Kier molecular flexibility index (Phi) is 5.73. The molecule has 6 nitrogen and oxygen atoms in total. The van der Waals surface area contributed by atoms with Crippen LogP contribution in [0.3, 0.4) is 0 Å². The molecule has 0 radical (unpaired) electrons. The van der Waals surface area contributed by atoms with E-state index in [9.17, 15) is 29.3 Å². The first-order valence-electron chi connectivity index (χ1n) is 8.59. The van der Waals surface area contributed by atoms with Gasteiger partial charge in [-0.05, 0) is 28.8 Å². The number of rotatable bonds is 3. The van der Waals surface area contributed by atoms with Crippen LogP contribution in [0.4, 0.5) is 4.39 Å². The van der Waals surface area contributed by atoms with Crippen molar-refractivity contribution in [2.24, 2.45) is 0 Å². The number of nitrogens with zero attached hydrogens (tertiary/aromatic N) is 1. The topological polar surface area (TPSA) is 98.1 Å². The fraction of sp³-hybridized carbons (Fsp3) is 0.238. The number of benzene rings is 2. The van der Waals surface area contributed by atoms with E-state index in [1.807, 2.05) is 0 Å². The van der Waals surface area contributed by atoms with E-state index in [1.54, 1.807) is 30.3 Å². The van der Waals surface area contributed by atoms with Gasteiger partial charge in [-0.1, -0.05) is 36.3 Å². The minimum atomic E-state index is -1.19. The number of amides is 1.